The van der Waals surface area contributed by atoms with E-state index in [-0.39, 0.29) is 17.4 Å². The van der Waals surface area contributed by atoms with Gasteiger partial charge in [0.05, 0.1) is 0 Å². The summed E-state index contributed by atoms with van der Waals surface area (Å²) >= 11 is 1.55. The molecule has 0 bridgehead atoms. The minimum absolute atomic E-state index is 0.0426. The van der Waals surface area contributed by atoms with Gasteiger partial charge in [0.2, 0.25) is 0 Å². The Morgan fingerprint density at radius 1 is 1.36 bits per heavy atom. The number of carbonyl (C=O) groups is 2. The van der Waals surface area contributed by atoms with Crippen molar-refractivity contribution in [1.29, 1.82) is 0 Å². The Kier molecular flexibility index (Phi) is 6.48. The van der Waals surface area contributed by atoms with Crippen LogP contribution in [0.25, 0.3) is 0 Å². The largest absolute Gasteiger partial charge is 0.352 e. The number of urea groups is 1. The third-order valence-electron chi connectivity index (χ3n) is 6.33. The van der Waals surface area contributed by atoms with Crippen LogP contribution in [0.4, 0.5) is 4.79 Å². The molecular formula is C21H36N4O2S. The Morgan fingerprint density at radius 3 is 2.54 bits per heavy atom. The van der Waals surface area contributed by atoms with Crippen molar-refractivity contribution in [3.05, 3.63) is 16.4 Å². The molecule has 2 rings (SSSR count). The molecule has 2 atom stereocenters. The Bertz CT molecular complexity index is 800. The molecule has 0 saturated heterocycles. The molecule has 1 aromatic heterocycles. The number of nitrogens with zero attached hydrogens (tertiary/aromatic N) is 2. The summed E-state index contributed by atoms with van der Waals surface area (Å²) in [7, 11) is 0. The highest BCUT2D eigenvalue weighted by atomic mass is 32.1. The summed E-state index contributed by atoms with van der Waals surface area (Å²) < 4.78 is 3.00. The van der Waals surface area contributed by atoms with Crippen LogP contribution in [0.3, 0.4) is 0 Å². The fourth-order valence-corrected chi connectivity index (χ4v) is 4.99. The molecule has 1 aliphatic rings. The molecule has 6 nitrogen and oxygen atoms in total. The molecule has 0 unspecified atom stereocenters. The topological polar surface area (TPSA) is 89.5 Å². The van der Waals surface area contributed by atoms with Gasteiger partial charge in [0.15, 0.2) is 0 Å². The zero-order chi connectivity index (χ0) is 21.3. The van der Waals surface area contributed by atoms with Gasteiger partial charge >= 0.3 is 6.03 Å². The van der Waals surface area contributed by atoms with Gasteiger partial charge in [-0.2, -0.15) is 0 Å². The van der Waals surface area contributed by atoms with Crippen molar-refractivity contribution in [3.63, 3.8) is 0 Å². The first-order chi connectivity index (χ1) is 12.8. The second-order valence-corrected chi connectivity index (χ2v) is 10.7. The van der Waals surface area contributed by atoms with E-state index in [0.717, 1.165) is 29.5 Å². The number of carbonyl (C=O) groups excluding carboxylic acids is 2. The second kappa shape index (κ2) is 8.01. The Balaban J connectivity index is 2.38. The van der Waals surface area contributed by atoms with E-state index in [1.165, 1.54) is 0 Å². The molecule has 1 heterocycles. The Labute approximate surface area is 172 Å². The number of hydrogen-bond acceptors (Lipinski definition) is 3. The van der Waals surface area contributed by atoms with Crippen LogP contribution < -0.4 is 15.7 Å². The minimum atomic E-state index is -0.549. The predicted octanol–water partition coefficient (Wildman–Crippen LogP) is 3.94. The number of aromatic nitrogens is 1. The fraction of sp³-hybridized carbons (Fsp3) is 0.762. The number of nitrogens with two attached hydrogens (primary N) is 1. The summed E-state index contributed by atoms with van der Waals surface area (Å²) in [5, 5.41) is 2.86. The van der Waals surface area contributed by atoms with E-state index in [9.17, 15) is 9.59 Å². The summed E-state index contributed by atoms with van der Waals surface area (Å²) in [6.07, 6.45) is 6.66. The van der Waals surface area contributed by atoms with Crippen LogP contribution in [-0.2, 0) is 16.8 Å². The third kappa shape index (κ3) is 4.50. The van der Waals surface area contributed by atoms with Crippen molar-refractivity contribution in [2.24, 2.45) is 22.1 Å². The number of nitrogens with one attached hydrogen (secondary N) is 1. The standard InChI is InChI=1S/C21H36N4O2S/c1-8-9-10-14-13-25(19(2,3)4)28-17(14)23-16(26)15-11-12-21(7,20(15,5)6)24-18(22)27/h13,15H,8-12H2,1-7H3,(H3,22,24,27)/t15-,21-/m0/s1. The lowest BCUT2D eigenvalue weighted by atomic mass is 9.71. The average molecular weight is 409 g/mol. The van der Waals surface area contributed by atoms with E-state index in [2.05, 4.69) is 48.2 Å². The Hall–Kier alpha value is -1.63. The van der Waals surface area contributed by atoms with Gasteiger partial charge in [0, 0.05) is 28.8 Å². The molecule has 3 amide bonds. The molecule has 0 spiro atoms. The van der Waals surface area contributed by atoms with Crippen LogP contribution in [0.1, 0.15) is 79.7 Å². The normalized spacial score (nSPS) is 25.1. The summed E-state index contributed by atoms with van der Waals surface area (Å²) in [6, 6.07) is -0.549. The molecule has 28 heavy (non-hydrogen) atoms. The summed E-state index contributed by atoms with van der Waals surface area (Å²) in [4.78, 5) is 29.2. The predicted molar refractivity (Wildman–Crippen MR) is 114 cm³/mol. The maximum absolute atomic E-state index is 13.2. The molecule has 1 saturated carbocycles. The lowest BCUT2D eigenvalue weighted by Gasteiger charge is -2.40. The van der Waals surface area contributed by atoms with Crippen molar-refractivity contribution >= 4 is 23.5 Å². The first kappa shape index (κ1) is 22.7. The summed E-state index contributed by atoms with van der Waals surface area (Å²) in [6.45, 7) is 14.6. The van der Waals surface area contributed by atoms with E-state index < -0.39 is 17.0 Å². The number of unbranched alkanes of at least 4 members (excludes halogenated alkanes) is 1. The molecule has 0 aromatic carbocycles. The minimum Gasteiger partial charge on any atom is -0.352 e. The van der Waals surface area contributed by atoms with Gasteiger partial charge in [-0.25, -0.2) is 9.79 Å². The number of rotatable bonds is 5. The average Bonchev–Trinajstić information content (AvgIpc) is 3.04. The van der Waals surface area contributed by atoms with E-state index in [1.54, 1.807) is 11.5 Å². The van der Waals surface area contributed by atoms with Crippen LogP contribution in [0.15, 0.2) is 11.2 Å². The number of hydrogen-bond donors (Lipinski definition) is 2. The van der Waals surface area contributed by atoms with Gasteiger partial charge in [0.1, 0.15) is 4.67 Å². The van der Waals surface area contributed by atoms with Crippen molar-refractivity contribution < 1.29 is 9.59 Å². The van der Waals surface area contributed by atoms with Crippen molar-refractivity contribution in [1.82, 2.24) is 9.27 Å². The lowest BCUT2D eigenvalue weighted by Crippen LogP contribution is -2.56. The number of primary amides is 1. The van der Waals surface area contributed by atoms with Crippen LogP contribution in [0, 0.1) is 11.3 Å². The van der Waals surface area contributed by atoms with Crippen LogP contribution >= 0.6 is 11.5 Å². The molecule has 1 aliphatic carbocycles. The molecule has 0 aliphatic heterocycles. The molecule has 3 N–H and O–H groups in total. The molecule has 158 valence electrons. The van der Waals surface area contributed by atoms with E-state index in [0.29, 0.717) is 12.8 Å². The van der Waals surface area contributed by atoms with Gasteiger partial charge in [0.25, 0.3) is 5.91 Å². The van der Waals surface area contributed by atoms with Gasteiger partial charge < -0.3 is 11.1 Å². The molecule has 0 radical (unpaired) electrons. The molecular weight excluding hydrogens is 372 g/mol. The number of aryl methyl sites for hydroxylation is 1. The van der Waals surface area contributed by atoms with E-state index >= 15 is 0 Å². The Morgan fingerprint density at radius 2 is 2.00 bits per heavy atom. The first-order valence-electron chi connectivity index (χ1n) is 10.2. The van der Waals surface area contributed by atoms with E-state index in [1.807, 2.05) is 20.8 Å². The highest BCUT2D eigenvalue weighted by Gasteiger charge is 2.54. The van der Waals surface area contributed by atoms with Gasteiger partial charge in [-0.05, 0) is 70.3 Å². The SMILES string of the molecule is CCCCc1cn(C(C)(C)C)sc1=NC(=O)[C@@H]1CC[C@](C)(NC(N)=O)C1(C)C. The maximum Gasteiger partial charge on any atom is 0.312 e. The van der Waals surface area contributed by atoms with Crippen molar-refractivity contribution in [2.75, 3.05) is 0 Å². The molecule has 1 fully saturated rings. The highest BCUT2D eigenvalue weighted by Crippen LogP contribution is 2.50. The van der Waals surface area contributed by atoms with Gasteiger partial charge in [-0.15, -0.1) is 0 Å². The molecule has 1 aromatic rings. The number of amides is 3. The highest BCUT2D eigenvalue weighted by molar-refractivity contribution is 7.04. The zero-order valence-corrected chi connectivity index (χ0v) is 19.2. The van der Waals surface area contributed by atoms with Gasteiger partial charge in [-0.3, -0.25) is 8.75 Å². The lowest BCUT2D eigenvalue weighted by molar-refractivity contribution is -0.125. The quantitative estimate of drug-likeness (QED) is 0.773. The van der Waals surface area contributed by atoms with Crippen molar-refractivity contribution in [3.8, 4) is 0 Å². The van der Waals surface area contributed by atoms with Crippen LogP contribution in [0.5, 0.6) is 0 Å². The van der Waals surface area contributed by atoms with Gasteiger partial charge in [-0.1, -0.05) is 27.2 Å². The summed E-state index contributed by atoms with van der Waals surface area (Å²) in [5.41, 5.74) is 5.53. The van der Waals surface area contributed by atoms with Crippen molar-refractivity contribution in [2.45, 2.75) is 91.6 Å². The zero-order valence-electron chi connectivity index (χ0n) is 18.4. The second-order valence-electron chi connectivity index (χ2n) is 9.74. The monoisotopic (exact) mass is 408 g/mol. The smallest absolute Gasteiger partial charge is 0.312 e. The first-order valence-corrected chi connectivity index (χ1v) is 11.0. The third-order valence-corrected chi connectivity index (χ3v) is 7.70. The maximum atomic E-state index is 13.2. The summed E-state index contributed by atoms with van der Waals surface area (Å²) in [5.74, 6) is -0.339. The molecule has 7 heteroatoms. The van der Waals surface area contributed by atoms with Crippen LogP contribution in [-0.4, -0.2) is 21.4 Å². The van der Waals surface area contributed by atoms with Crippen LogP contribution in [0.2, 0.25) is 0 Å². The fourth-order valence-electron chi connectivity index (χ4n) is 3.94. The van der Waals surface area contributed by atoms with E-state index in [4.69, 9.17) is 5.73 Å².